The molecule has 1 fully saturated rings. The van der Waals surface area contributed by atoms with Gasteiger partial charge in [0.1, 0.15) is 5.16 Å². The van der Waals surface area contributed by atoms with E-state index in [0.29, 0.717) is 22.0 Å². The van der Waals surface area contributed by atoms with E-state index < -0.39 is 0 Å². The summed E-state index contributed by atoms with van der Waals surface area (Å²) in [6, 6.07) is 0. The van der Waals surface area contributed by atoms with Crippen molar-refractivity contribution in [1.29, 1.82) is 0 Å². The maximum absolute atomic E-state index is 6.50. The molecule has 1 saturated carbocycles. The summed E-state index contributed by atoms with van der Waals surface area (Å²) in [5.74, 6) is 1.90. The molecular weight excluding hydrogens is 313 g/mol. The molecule has 0 radical (unpaired) electrons. The molecule has 0 saturated heterocycles. The number of hydrogen-bond acceptors (Lipinski definition) is 1. The summed E-state index contributed by atoms with van der Waals surface area (Å²) in [4.78, 5) is 0. The highest BCUT2D eigenvalue weighted by molar-refractivity contribution is 6.42. The number of hydrogen-bond donors (Lipinski definition) is 0. The third-order valence-electron chi connectivity index (χ3n) is 4.98. The van der Waals surface area contributed by atoms with Gasteiger partial charge in [0.05, 0.1) is 5.03 Å². The van der Waals surface area contributed by atoms with Gasteiger partial charge >= 0.3 is 0 Å². The van der Waals surface area contributed by atoms with E-state index in [9.17, 15) is 0 Å². The van der Waals surface area contributed by atoms with E-state index >= 15 is 0 Å². The highest BCUT2D eigenvalue weighted by Crippen LogP contribution is 2.51. The Bertz CT molecular complexity index is 480. The summed E-state index contributed by atoms with van der Waals surface area (Å²) >= 11 is 19.1. The van der Waals surface area contributed by atoms with E-state index in [0.717, 1.165) is 25.3 Å². The molecule has 0 aromatic rings. The molecule has 3 rings (SSSR count). The van der Waals surface area contributed by atoms with Crippen LogP contribution in [0.4, 0.5) is 0 Å². The van der Waals surface area contributed by atoms with Crippen LogP contribution in [0.3, 0.4) is 0 Å². The average Bonchev–Trinajstić information content (AvgIpc) is 2.52. The zero-order valence-corrected chi connectivity index (χ0v) is 13.8. The molecule has 0 aromatic heterocycles. The number of rotatable bonds is 2. The number of nitrogens with zero attached hydrogens (tertiary/aromatic N) is 1. The van der Waals surface area contributed by atoms with Crippen LogP contribution in [0.2, 0.25) is 0 Å². The summed E-state index contributed by atoms with van der Waals surface area (Å²) in [7, 11) is 0. The first-order valence-corrected chi connectivity index (χ1v) is 8.54. The van der Waals surface area contributed by atoms with Gasteiger partial charge < -0.3 is 0 Å². The predicted octanol–water partition coefficient (Wildman–Crippen LogP) is 5.80. The second kappa shape index (κ2) is 5.94. The highest BCUT2D eigenvalue weighted by atomic mass is 35.5. The van der Waals surface area contributed by atoms with E-state index in [1.165, 1.54) is 31.3 Å². The molecule has 20 heavy (non-hydrogen) atoms. The summed E-state index contributed by atoms with van der Waals surface area (Å²) in [6.45, 7) is 4.67. The molecule has 0 spiro atoms. The highest BCUT2D eigenvalue weighted by Gasteiger charge is 2.39. The molecular formula is C16H20Cl3N. The Morgan fingerprint density at radius 3 is 2.75 bits per heavy atom. The van der Waals surface area contributed by atoms with Crippen molar-refractivity contribution in [3.63, 3.8) is 0 Å². The summed E-state index contributed by atoms with van der Waals surface area (Å²) in [5, 5.41) is 1.19. The first kappa shape index (κ1) is 14.8. The first-order valence-electron chi connectivity index (χ1n) is 7.44. The molecule has 4 heteroatoms. The van der Waals surface area contributed by atoms with Crippen molar-refractivity contribution in [1.82, 2.24) is 4.42 Å². The lowest BCUT2D eigenvalue weighted by atomic mass is 9.65. The van der Waals surface area contributed by atoms with Gasteiger partial charge in [-0.2, -0.15) is 0 Å². The second-order valence-electron chi connectivity index (χ2n) is 6.23. The largest absolute Gasteiger partial charge is 0.273 e. The maximum Gasteiger partial charge on any atom is 0.138 e. The summed E-state index contributed by atoms with van der Waals surface area (Å²) < 4.78 is 1.61. The number of halogens is 3. The van der Waals surface area contributed by atoms with Gasteiger partial charge in [0.25, 0.3) is 0 Å². The van der Waals surface area contributed by atoms with Crippen LogP contribution in [-0.2, 0) is 0 Å². The molecule has 1 nitrogen and oxygen atoms in total. The molecule has 3 aliphatic rings. The molecule has 2 aliphatic carbocycles. The van der Waals surface area contributed by atoms with Crippen LogP contribution in [-0.4, -0.2) is 11.0 Å². The van der Waals surface area contributed by atoms with E-state index in [1.54, 1.807) is 9.99 Å². The van der Waals surface area contributed by atoms with Crippen molar-refractivity contribution >= 4 is 35.0 Å². The van der Waals surface area contributed by atoms with Gasteiger partial charge in [0.2, 0.25) is 0 Å². The Balaban J connectivity index is 1.99. The minimum Gasteiger partial charge on any atom is -0.273 e. The quantitative estimate of drug-likeness (QED) is 0.351. The van der Waals surface area contributed by atoms with E-state index in [1.807, 2.05) is 0 Å². The third-order valence-corrected chi connectivity index (χ3v) is 6.27. The van der Waals surface area contributed by atoms with Crippen LogP contribution in [0.15, 0.2) is 34.0 Å². The van der Waals surface area contributed by atoms with Gasteiger partial charge in [-0.05, 0) is 61.9 Å². The second-order valence-corrected chi connectivity index (χ2v) is 7.38. The Kier molecular flexibility index (Phi) is 4.40. The van der Waals surface area contributed by atoms with Gasteiger partial charge in [-0.1, -0.05) is 34.9 Å². The SMILES string of the molecule is C=CCC1CC2CCCC3=C2C(C1)CN(Cl)C(Cl)=C3Cl. The molecule has 1 aliphatic heterocycles. The van der Waals surface area contributed by atoms with E-state index in [-0.39, 0.29) is 0 Å². The van der Waals surface area contributed by atoms with Gasteiger partial charge in [-0.3, -0.25) is 4.42 Å². The Hall–Kier alpha value is -0.110. The van der Waals surface area contributed by atoms with Crippen molar-refractivity contribution in [2.24, 2.45) is 17.8 Å². The van der Waals surface area contributed by atoms with Crippen LogP contribution >= 0.6 is 35.0 Å². The molecule has 1 heterocycles. The molecule has 3 atom stereocenters. The Morgan fingerprint density at radius 1 is 1.25 bits per heavy atom. The zero-order valence-electron chi connectivity index (χ0n) is 11.5. The molecule has 3 unspecified atom stereocenters. The zero-order chi connectivity index (χ0) is 14.3. The van der Waals surface area contributed by atoms with Crippen molar-refractivity contribution in [2.45, 2.75) is 38.5 Å². The van der Waals surface area contributed by atoms with Gasteiger partial charge in [0.15, 0.2) is 0 Å². The van der Waals surface area contributed by atoms with Crippen molar-refractivity contribution in [3.8, 4) is 0 Å². The fraction of sp³-hybridized carbons (Fsp3) is 0.625. The smallest absolute Gasteiger partial charge is 0.138 e. The lowest BCUT2D eigenvalue weighted by Crippen LogP contribution is -2.32. The summed E-state index contributed by atoms with van der Waals surface area (Å²) in [6.07, 6.45) is 9.15. The fourth-order valence-corrected chi connectivity index (χ4v) is 5.05. The molecule has 0 amide bonds. The van der Waals surface area contributed by atoms with Crippen LogP contribution in [0.5, 0.6) is 0 Å². The number of allylic oxidation sites excluding steroid dienone is 3. The lowest BCUT2D eigenvalue weighted by molar-refractivity contribution is 0.235. The topological polar surface area (TPSA) is 3.24 Å². The van der Waals surface area contributed by atoms with Crippen LogP contribution in [0.25, 0.3) is 0 Å². The maximum atomic E-state index is 6.50. The van der Waals surface area contributed by atoms with Crippen LogP contribution in [0, 0.1) is 17.8 Å². The van der Waals surface area contributed by atoms with Crippen LogP contribution < -0.4 is 0 Å². The van der Waals surface area contributed by atoms with Crippen molar-refractivity contribution in [3.05, 3.63) is 34.0 Å². The average molecular weight is 333 g/mol. The molecule has 110 valence electrons. The predicted molar refractivity (Wildman–Crippen MR) is 86.7 cm³/mol. The monoisotopic (exact) mass is 331 g/mol. The first-order chi connectivity index (χ1) is 9.61. The summed E-state index contributed by atoms with van der Waals surface area (Å²) in [5.41, 5.74) is 2.85. The molecule has 0 aromatic carbocycles. The minimum absolute atomic E-state index is 0.497. The van der Waals surface area contributed by atoms with Gasteiger partial charge in [-0.25, -0.2) is 0 Å². The Morgan fingerprint density at radius 2 is 2.00 bits per heavy atom. The standard InChI is InChI=1S/C16H20Cl3N/c1-2-4-10-7-11-5-3-6-13-14(11)12(8-10)9-20(19)16(18)15(13)17/h2,10-12H,1,3-9H2. The fourth-order valence-electron chi connectivity index (χ4n) is 4.27. The lowest BCUT2D eigenvalue weighted by Gasteiger charge is -2.41. The normalized spacial score (nSPS) is 34.0. The third kappa shape index (κ3) is 2.53. The minimum atomic E-state index is 0.497. The molecule has 0 bridgehead atoms. The van der Waals surface area contributed by atoms with Gasteiger partial charge in [-0.15, -0.1) is 6.58 Å². The van der Waals surface area contributed by atoms with Crippen LogP contribution in [0.1, 0.15) is 38.5 Å². The van der Waals surface area contributed by atoms with Crippen molar-refractivity contribution in [2.75, 3.05) is 6.54 Å². The van der Waals surface area contributed by atoms with E-state index in [2.05, 4.69) is 12.7 Å². The van der Waals surface area contributed by atoms with Crippen molar-refractivity contribution < 1.29 is 0 Å². The molecule has 0 N–H and O–H groups in total. The van der Waals surface area contributed by atoms with E-state index in [4.69, 9.17) is 35.0 Å². The Labute approximate surface area is 136 Å². The van der Waals surface area contributed by atoms with Gasteiger partial charge in [0, 0.05) is 18.3 Å².